The third-order valence-electron chi connectivity index (χ3n) is 4.45. The number of carbonyl (C=O) groups is 1. The van der Waals surface area contributed by atoms with Gasteiger partial charge in [0, 0.05) is 29.2 Å². The number of rotatable bonds is 5. The summed E-state index contributed by atoms with van der Waals surface area (Å²) in [4.78, 5) is 25.3. The van der Waals surface area contributed by atoms with Gasteiger partial charge in [0.25, 0.3) is 5.56 Å². The summed E-state index contributed by atoms with van der Waals surface area (Å²) in [6, 6.07) is 14.8. The lowest BCUT2D eigenvalue weighted by Crippen LogP contribution is -2.25. The van der Waals surface area contributed by atoms with E-state index in [2.05, 4.69) is 24.5 Å². The highest BCUT2D eigenvalue weighted by Crippen LogP contribution is 2.22. The molecule has 0 fully saturated rings. The monoisotopic (exact) mass is 363 g/mol. The highest BCUT2D eigenvalue weighted by atomic mass is 16.2. The molecule has 0 aliphatic rings. The number of fused-ring (bicyclic) bond motifs is 1. The number of hydrogen-bond donors (Lipinski definition) is 2. The molecule has 2 N–H and O–H groups in total. The number of benzene rings is 2. The van der Waals surface area contributed by atoms with E-state index in [9.17, 15) is 9.59 Å². The van der Waals surface area contributed by atoms with Crippen LogP contribution in [0, 0.1) is 5.92 Å². The van der Waals surface area contributed by atoms with Crippen LogP contribution in [0.1, 0.15) is 26.3 Å². The first-order chi connectivity index (χ1) is 13.0. The van der Waals surface area contributed by atoms with Crippen LogP contribution in [0.4, 0.5) is 16.2 Å². The predicted molar refractivity (Wildman–Crippen MR) is 112 cm³/mol. The molecular formula is C22H25N3O2. The quantitative estimate of drug-likeness (QED) is 0.680. The van der Waals surface area contributed by atoms with Crippen molar-refractivity contribution in [2.75, 3.05) is 10.6 Å². The molecular weight excluding hydrogens is 338 g/mol. The Hall–Kier alpha value is -3.08. The Bertz CT molecular complexity index is 1020. The van der Waals surface area contributed by atoms with Gasteiger partial charge in [0.2, 0.25) is 0 Å². The maximum Gasteiger partial charge on any atom is 0.323 e. The fourth-order valence-electron chi connectivity index (χ4n) is 3.20. The molecule has 0 aliphatic carbocycles. The van der Waals surface area contributed by atoms with Crippen molar-refractivity contribution in [2.45, 2.75) is 33.7 Å². The molecule has 0 bridgehead atoms. The smallest absolute Gasteiger partial charge is 0.313 e. The van der Waals surface area contributed by atoms with Crippen LogP contribution >= 0.6 is 0 Å². The molecule has 5 nitrogen and oxygen atoms in total. The molecule has 0 saturated carbocycles. The van der Waals surface area contributed by atoms with E-state index in [-0.39, 0.29) is 11.6 Å². The van der Waals surface area contributed by atoms with Gasteiger partial charge >= 0.3 is 6.03 Å². The first-order valence-corrected chi connectivity index (χ1v) is 9.27. The second-order valence-electron chi connectivity index (χ2n) is 7.03. The molecule has 1 heterocycles. The van der Waals surface area contributed by atoms with E-state index in [4.69, 9.17) is 0 Å². The standard InChI is InChI=1S/C22H25N3O2/c1-4-16-9-5-8-12-19(16)23-22(27)24-20-14-25(13-15(2)3)21(26)18-11-7-6-10-17(18)20/h5-12,14-15H,4,13H2,1-3H3,(H2,23,24,27). The number of amides is 2. The number of aromatic nitrogens is 1. The summed E-state index contributed by atoms with van der Waals surface area (Å²) >= 11 is 0. The number of nitrogens with zero attached hydrogens (tertiary/aromatic N) is 1. The molecule has 0 saturated heterocycles. The average molecular weight is 363 g/mol. The third kappa shape index (κ3) is 4.19. The lowest BCUT2D eigenvalue weighted by atomic mass is 10.1. The number of para-hydroxylation sites is 1. The van der Waals surface area contributed by atoms with Gasteiger partial charge in [-0.15, -0.1) is 0 Å². The Morgan fingerprint density at radius 1 is 0.963 bits per heavy atom. The van der Waals surface area contributed by atoms with Gasteiger partial charge in [-0.05, 0) is 30.0 Å². The highest BCUT2D eigenvalue weighted by molar-refractivity contribution is 6.06. The van der Waals surface area contributed by atoms with Gasteiger partial charge in [-0.3, -0.25) is 4.79 Å². The van der Waals surface area contributed by atoms with E-state index in [1.165, 1.54) is 0 Å². The summed E-state index contributed by atoms with van der Waals surface area (Å²) < 4.78 is 1.67. The van der Waals surface area contributed by atoms with Crippen molar-refractivity contribution in [1.29, 1.82) is 0 Å². The number of carbonyl (C=O) groups excluding carboxylic acids is 1. The van der Waals surface area contributed by atoms with Gasteiger partial charge in [-0.1, -0.05) is 57.2 Å². The molecule has 2 aromatic carbocycles. The fourth-order valence-corrected chi connectivity index (χ4v) is 3.20. The van der Waals surface area contributed by atoms with Crippen LogP contribution in [0.25, 0.3) is 10.8 Å². The molecule has 0 aliphatic heterocycles. The van der Waals surface area contributed by atoms with Crippen molar-refractivity contribution < 1.29 is 4.79 Å². The molecule has 0 atom stereocenters. The van der Waals surface area contributed by atoms with Crippen LogP contribution < -0.4 is 16.2 Å². The normalized spacial score (nSPS) is 11.0. The number of pyridine rings is 1. The molecule has 0 unspecified atom stereocenters. The van der Waals surface area contributed by atoms with Crippen molar-refractivity contribution in [2.24, 2.45) is 5.92 Å². The van der Waals surface area contributed by atoms with E-state index >= 15 is 0 Å². The number of aryl methyl sites for hydroxylation is 1. The van der Waals surface area contributed by atoms with Crippen molar-refractivity contribution in [3.8, 4) is 0 Å². The van der Waals surface area contributed by atoms with Gasteiger partial charge < -0.3 is 15.2 Å². The lowest BCUT2D eigenvalue weighted by molar-refractivity contribution is 0.262. The van der Waals surface area contributed by atoms with Crippen LogP contribution in [0.3, 0.4) is 0 Å². The predicted octanol–water partition coefficient (Wildman–Crippen LogP) is 4.86. The summed E-state index contributed by atoms with van der Waals surface area (Å²) in [5, 5.41) is 7.17. The minimum Gasteiger partial charge on any atom is -0.313 e. The topological polar surface area (TPSA) is 63.1 Å². The minimum atomic E-state index is -0.323. The maximum atomic E-state index is 12.7. The Balaban J connectivity index is 1.95. The molecule has 2 amide bonds. The third-order valence-corrected chi connectivity index (χ3v) is 4.45. The fraction of sp³-hybridized carbons (Fsp3) is 0.273. The Labute approximate surface area is 159 Å². The van der Waals surface area contributed by atoms with E-state index in [1.54, 1.807) is 16.8 Å². The first-order valence-electron chi connectivity index (χ1n) is 9.27. The maximum absolute atomic E-state index is 12.7. The van der Waals surface area contributed by atoms with Crippen LogP contribution in [0.15, 0.2) is 59.5 Å². The van der Waals surface area contributed by atoms with Crippen LogP contribution in [0.5, 0.6) is 0 Å². The van der Waals surface area contributed by atoms with Crippen molar-refractivity contribution >= 4 is 28.2 Å². The van der Waals surface area contributed by atoms with E-state index in [0.29, 0.717) is 23.5 Å². The zero-order valence-corrected chi connectivity index (χ0v) is 16.0. The summed E-state index contributed by atoms with van der Waals surface area (Å²) in [7, 11) is 0. The minimum absolute atomic E-state index is 0.0402. The summed E-state index contributed by atoms with van der Waals surface area (Å²) in [5.41, 5.74) is 2.44. The van der Waals surface area contributed by atoms with Gasteiger partial charge in [-0.2, -0.15) is 0 Å². The first kappa shape index (κ1) is 18.7. The summed E-state index contributed by atoms with van der Waals surface area (Å²) in [6.45, 7) is 6.76. The second-order valence-corrected chi connectivity index (χ2v) is 7.03. The summed E-state index contributed by atoms with van der Waals surface area (Å²) in [6.07, 6.45) is 2.56. The second kappa shape index (κ2) is 8.08. The Morgan fingerprint density at radius 2 is 1.59 bits per heavy atom. The summed E-state index contributed by atoms with van der Waals surface area (Å²) in [5.74, 6) is 0.321. The largest absolute Gasteiger partial charge is 0.323 e. The molecule has 1 aromatic heterocycles. The molecule has 0 radical (unpaired) electrons. The average Bonchev–Trinajstić information content (AvgIpc) is 2.65. The number of hydrogen-bond acceptors (Lipinski definition) is 2. The molecule has 3 aromatic rings. The van der Waals surface area contributed by atoms with Gasteiger partial charge in [0.1, 0.15) is 0 Å². The van der Waals surface area contributed by atoms with E-state index < -0.39 is 0 Å². The van der Waals surface area contributed by atoms with Crippen LogP contribution in [-0.2, 0) is 13.0 Å². The van der Waals surface area contributed by atoms with Crippen molar-refractivity contribution in [3.63, 3.8) is 0 Å². The van der Waals surface area contributed by atoms with E-state index in [1.807, 2.05) is 49.4 Å². The highest BCUT2D eigenvalue weighted by Gasteiger charge is 2.12. The molecule has 5 heteroatoms. The number of urea groups is 1. The van der Waals surface area contributed by atoms with Crippen LogP contribution in [0.2, 0.25) is 0 Å². The SMILES string of the molecule is CCc1ccccc1NC(=O)Nc1cn(CC(C)C)c(=O)c2ccccc12. The molecule has 3 rings (SSSR count). The van der Waals surface area contributed by atoms with Gasteiger partial charge in [0.15, 0.2) is 0 Å². The van der Waals surface area contributed by atoms with E-state index in [0.717, 1.165) is 23.1 Å². The van der Waals surface area contributed by atoms with Gasteiger partial charge in [-0.25, -0.2) is 4.79 Å². The zero-order valence-electron chi connectivity index (χ0n) is 16.0. The Kier molecular flexibility index (Phi) is 5.60. The van der Waals surface area contributed by atoms with Crippen LogP contribution in [-0.4, -0.2) is 10.6 Å². The molecule has 140 valence electrons. The number of nitrogens with one attached hydrogen (secondary N) is 2. The van der Waals surface area contributed by atoms with Crippen molar-refractivity contribution in [3.05, 3.63) is 70.6 Å². The Morgan fingerprint density at radius 3 is 2.30 bits per heavy atom. The van der Waals surface area contributed by atoms with Gasteiger partial charge in [0.05, 0.1) is 5.69 Å². The molecule has 27 heavy (non-hydrogen) atoms. The van der Waals surface area contributed by atoms with Crippen molar-refractivity contribution in [1.82, 2.24) is 4.57 Å². The lowest BCUT2D eigenvalue weighted by Gasteiger charge is -2.16. The number of anilines is 2. The molecule has 0 spiro atoms. The zero-order chi connectivity index (χ0) is 19.4.